The highest BCUT2D eigenvalue weighted by molar-refractivity contribution is 6.27. The van der Waals surface area contributed by atoms with E-state index in [-0.39, 0.29) is 0 Å². The van der Waals surface area contributed by atoms with E-state index in [1.165, 1.54) is 11.3 Å². The first-order chi connectivity index (χ1) is 15.8. The molecule has 2 aromatic carbocycles. The van der Waals surface area contributed by atoms with E-state index in [1.54, 1.807) is 0 Å². The number of carbonyl (C=O) groups is 2. The number of aliphatic hydroxyl groups is 1. The summed E-state index contributed by atoms with van der Waals surface area (Å²) in [6, 6.07) is 16.7. The summed E-state index contributed by atoms with van der Waals surface area (Å²) >= 11 is 0. The van der Waals surface area contributed by atoms with Crippen LogP contribution in [0.2, 0.25) is 0 Å². The average Bonchev–Trinajstić information content (AvgIpc) is 2.80. The monoisotopic (exact) mass is 456 g/mol. The number of piperazine rings is 1. The predicted molar refractivity (Wildman–Crippen MR) is 127 cm³/mol. The van der Waals surface area contributed by atoms with Crippen molar-refractivity contribution >= 4 is 17.6 Å². The second kappa shape index (κ2) is 13.2. The highest BCUT2D eigenvalue weighted by Crippen LogP contribution is 2.21. The van der Waals surface area contributed by atoms with Crippen LogP contribution >= 0.6 is 0 Å². The summed E-state index contributed by atoms with van der Waals surface area (Å²) in [7, 11) is 0. The van der Waals surface area contributed by atoms with Gasteiger partial charge in [-0.3, -0.25) is 4.90 Å². The van der Waals surface area contributed by atoms with E-state index in [9.17, 15) is 5.11 Å². The maximum atomic E-state index is 10.4. The van der Waals surface area contributed by atoms with Crippen LogP contribution in [-0.4, -0.2) is 77.6 Å². The molecule has 1 atom stereocenters. The smallest absolute Gasteiger partial charge is 0.414 e. The first-order valence-corrected chi connectivity index (χ1v) is 10.8. The number of para-hydroxylation sites is 1. The maximum Gasteiger partial charge on any atom is 0.414 e. The summed E-state index contributed by atoms with van der Waals surface area (Å²) in [4.78, 5) is 22.9. The number of nitrogens with zero attached hydrogens (tertiary/aromatic N) is 2. The summed E-state index contributed by atoms with van der Waals surface area (Å²) < 4.78 is 5.90. The highest BCUT2D eigenvalue weighted by atomic mass is 16.5. The molecule has 1 heterocycles. The maximum absolute atomic E-state index is 10.4. The quantitative estimate of drug-likeness (QED) is 0.410. The van der Waals surface area contributed by atoms with E-state index in [0.717, 1.165) is 43.9 Å². The fraction of sp³-hybridized carbons (Fsp3) is 0.360. The SMILES string of the molecule is C=CCc1cc(C)ccc1OCC(O)CN1CCN(c2ccccc2)CC1.O=C(O)C(=O)O. The molecule has 1 unspecified atom stereocenters. The van der Waals surface area contributed by atoms with Crippen LogP contribution in [0.15, 0.2) is 61.2 Å². The number of hydrogen-bond donors (Lipinski definition) is 3. The molecule has 0 aliphatic carbocycles. The molecule has 3 N–H and O–H groups in total. The molecule has 0 saturated carbocycles. The van der Waals surface area contributed by atoms with Crippen molar-refractivity contribution in [3.05, 3.63) is 72.3 Å². The molecule has 2 aromatic rings. The van der Waals surface area contributed by atoms with E-state index >= 15 is 0 Å². The number of aliphatic hydroxyl groups excluding tert-OH is 1. The van der Waals surface area contributed by atoms with Crippen LogP contribution < -0.4 is 9.64 Å². The number of anilines is 1. The molecule has 0 radical (unpaired) electrons. The third kappa shape index (κ3) is 8.96. The first kappa shape index (κ1) is 25.9. The predicted octanol–water partition coefficient (Wildman–Crippen LogP) is 2.44. The van der Waals surface area contributed by atoms with Gasteiger partial charge >= 0.3 is 11.9 Å². The molecule has 8 heteroatoms. The van der Waals surface area contributed by atoms with Crippen molar-refractivity contribution < 1.29 is 29.6 Å². The Bertz CT molecular complexity index is 898. The van der Waals surface area contributed by atoms with Crippen LogP contribution in [-0.2, 0) is 16.0 Å². The van der Waals surface area contributed by atoms with Crippen molar-refractivity contribution in [1.82, 2.24) is 4.90 Å². The zero-order valence-electron chi connectivity index (χ0n) is 18.9. The van der Waals surface area contributed by atoms with Gasteiger partial charge in [0.15, 0.2) is 0 Å². The van der Waals surface area contributed by atoms with Gasteiger partial charge in [-0.25, -0.2) is 9.59 Å². The summed E-state index contributed by atoms with van der Waals surface area (Å²) in [5.41, 5.74) is 3.60. The van der Waals surface area contributed by atoms with Crippen molar-refractivity contribution in [2.24, 2.45) is 0 Å². The lowest BCUT2D eigenvalue weighted by Crippen LogP contribution is -2.49. The number of ether oxygens (including phenoxy) is 1. The third-order valence-corrected chi connectivity index (χ3v) is 5.16. The van der Waals surface area contributed by atoms with Gasteiger partial charge in [0.05, 0.1) is 0 Å². The van der Waals surface area contributed by atoms with Gasteiger partial charge in [0.25, 0.3) is 0 Å². The molecule has 0 spiro atoms. The van der Waals surface area contributed by atoms with Crippen LogP contribution in [0.5, 0.6) is 5.75 Å². The Hall–Kier alpha value is -3.36. The number of rotatable bonds is 8. The number of β-amino-alcohol motifs (C(OH)–C–C–N with tert-alkyl or cyclic N) is 1. The molecule has 33 heavy (non-hydrogen) atoms. The summed E-state index contributed by atoms with van der Waals surface area (Å²) in [5, 5.41) is 25.2. The molecule has 3 rings (SSSR count). The Kier molecular flexibility index (Phi) is 10.4. The summed E-state index contributed by atoms with van der Waals surface area (Å²) in [6.45, 7) is 10.7. The number of aliphatic carboxylic acids is 2. The van der Waals surface area contributed by atoms with Crippen molar-refractivity contribution in [3.63, 3.8) is 0 Å². The largest absolute Gasteiger partial charge is 0.491 e. The second-order valence-electron chi connectivity index (χ2n) is 7.80. The zero-order chi connectivity index (χ0) is 24.2. The molecular weight excluding hydrogens is 424 g/mol. The Balaban J connectivity index is 0.000000569. The summed E-state index contributed by atoms with van der Waals surface area (Å²) in [6.07, 6.45) is 2.16. The Morgan fingerprint density at radius 1 is 1.06 bits per heavy atom. The summed E-state index contributed by atoms with van der Waals surface area (Å²) in [5.74, 6) is -2.81. The Labute approximate surface area is 194 Å². The number of allylic oxidation sites excluding steroid dienone is 1. The first-order valence-electron chi connectivity index (χ1n) is 10.8. The zero-order valence-corrected chi connectivity index (χ0v) is 18.9. The van der Waals surface area contributed by atoms with E-state index in [4.69, 9.17) is 24.5 Å². The Morgan fingerprint density at radius 3 is 2.27 bits per heavy atom. The van der Waals surface area contributed by atoms with Gasteiger partial charge < -0.3 is 25.0 Å². The normalized spacial score (nSPS) is 14.5. The van der Waals surface area contributed by atoms with Gasteiger partial charge in [-0.05, 0) is 37.1 Å². The van der Waals surface area contributed by atoms with Gasteiger partial charge in [-0.15, -0.1) is 6.58 Å². The second-order valence-corrected chi connectivity index (χ2v) is 7.80. The van der Waals surface area contributed by atoms with Crippen LogP contribution in [0.3, 0.4) is 0 Å². The molecular formula is C25H32N2O6. The van der Waals surface area contributed by atoms with Crippen LogP contribution in [0.4, 0.5) is 5.69 Å². The Morgan fingerprint density at radius 2 is 1.70 bits per heavy atom. The average molecular weight is 457 g/mol. The minimum absolute atomic E-state index is 0.312. The number of hydrogen-bond acceptors (Lipinski definition) is 6. The lowest BCUT2D eigenvalue weighted by molar-refractivity contribution is -0.159. The highest BCUT2D eigenvalue weighted by Gasteiger charge is 2.20. The molecule has 0 aromatic heterocycles. The standard InChI is InChI=1S/C23H30N2O2.C2H2O4/c1-3-7-20-16-19(2)10-11-23(20)27-18-22(26)17-24-12-14-25(15-13-24)21-8-5-4-6-9-21;3-1(4)2(5)6/h3-6,8-11,16,22,26H,1,7,12-15,17-18H2,2H3;(H,3,4)(H,5,6). The lowest BCUT2D eigenvalue weighted by Gasteiger charge is -2.36. The third-order valence-electron chi connectivity index (χ3n) is 5.16. The minimum Gasteiger partial charge on any atom is -0.491 e. The van der Waals surface area contributed by atoms with Crippen molar-refractivity contribution in [2.75, 3.05) is 44.2 Å². The fourth-order valence-corrected chi connectivity index (χ4v) is 3.53. The number of benzene rings is 2. The number of carboxylic acid groups (broad SMARTS) is 2. The van der Waals surface area contributed by atoms with E-state index < -0.39 is 18.0 Å². The van der Waals surface area contributed by atoms with Crippen LogP contribution in [0, 0.1) is 6.92 Å². The van der Waals surface area contributed by atoms with E-state index in [0.29, 0.717) is 13.2 Å². The molecule has 1 aliphatic heterocycles. The van der Waals surface area contributed by atoms with Gasteiger partial charge in [0, 0.05) is 38.4 Å². The molecule has 1 saturated heterocycles. The van der Waals surface area contributed by atoms with Crippen molar-refractivity contribution in [1.29, 1.82) is 0 Å². The lowest BCUT2D eigenvalue weighted by atomic mass is 10.1. The van der Waals surface area contributed by atoms with Crippen molar-refractivity contribution in [2.45, 2.75) is 19.4 Å². The minimum atomic E-state index is -1.82. The topological polar surface area (TPSA) is 111 Å². The van der Waals surface area contributed by atoms with Crippen LogP contribution in [0.25, 0.3) is 0 Å². The number of carboxylic acids is 2. The molecule has 0 amide bonds. The van der Waals surface area contributed by atoms with Gasteiger partial charge in [-0.2, -0.15) is 0 Å². The molecule has 178 valence electrons. The van der Waals surface area contributed by atoms with Crippen molar-refractivity contribution in [3.8, 4) is 5.75 Å². The van der Waals surface area contributed by atoms with Gasteiger partial charge in [-0.1, -0.05) is 42.0 Å². The van der Waals surface area contributed by atoms with E-state index in [2.05, 4.69) is 53.6 Å². The van der Waals surface area contributed by atoms with Gasteiger partial charge in [0.1, 0.15) is 18.5 Å². The molecule has 0 bridgehead atoms. The molecule has 1 fully saturated rings. The van der Waals surface area contributed by atoms with Crippen LogP contribution in [0.1, 0.15) is 11.1 Å². The van der Waals surface area contributed by atoms with E-state index in [1.807, 2.05) is 24.3 Å². The molecule has 1 aliphatic rings. The fourth-order valence-electron chi connectivity index (χ4n) is 3.53. The number of aryl methyl sites for hydroxylation is 1. The van der Waals surface area contributed by atoms with Gasteiger partial charge in [0.2, 0.25) is 0 Å². The molecule has 8 nitrogen and oxygen atoms in total.